The van der Waals surface area contributed by atoms with Crippen molar-refractivity contribution in [3.63, 3.8) is 0 Å². The highest BCUT2D eigenvalue weighted by Gasteiger charge is 2.34. The lowest BCUT2D eigenvalue weighted by Gasteiger charge is -2.16. The molecule has 0 spiro atoms. The molecular weight excluding hydrogens is 487 g/mol. The largest absolute Gasteiger partial charge is 0.476 e. The molecule has 3 N–H and O–H groups in total. The summed E-state index contributed by atoms with van der Waals surface area (Å²) in [5.74, 6) is -2.59. The van der Waals surface area contributed by atoms with Crippen LogP contribution in [0.5, 0.6) is 0 Å². The van der Waals surface area contributed by atoms with Crippen molar-refractivity contribution in [3.8, 4) is 0 Å². The number of alkyl halides is 3. The van der Waals surface area contributed by atoms with E-state index in [0.29, 0.717) is 36.3 Å². The number of carboxylic acid groups (broad SMARTS) is 1. The van der Waals surface area contributed by atoms with Gasteiger partial charge in [-0.25, -0.2) is 23.0 Å². The minimum absolute atomic E-state index is 0.171. The van der Waals surface area contributed by atoms with Crippen LogP contribution >= 0.6 is 11.3 Å². The Morgan fingerprint density at radius 2 is 1.79 bits per heavy atom. The number of hydrogen-bond donors (Lipinski definition) is 3. The van der Waals surface area contributed by atoms with Gasteiger partial charge in [0, 0.05) is 17.7 Å². The molecule has 1 heterocycles. The number of sulfone groups is 1. The zero-order chi connectivity index (χ0) is 24.6. The van der Waals surface area contributed by atoms with Gasteiger partial charge in [0.15, 0.2) is 30.7 Å². The van der Waals surface area contributed by atoms with Crippen molar-refractivity contribution in [1.82, 2.24) is 4.98 Å². The van der Waals surface area contributed by atoms with Gasteiger partial charge in [0.25, 0.3) is 0 Å². The first-order valence-corrected chi connectivity index (χ1v) is 12.3. The van der Waals surface area contributed by atoms with Crippen molar-refractivity contribution in [2.24, 2.45) is 5.92 Å². The van der Waals surface area contributed by atoms with E-state index in [0.717, 1.165) is 25.2 Å². The Bertz CT molecular complexity index is 1220. The topological polar surface area (TPSA) is 143 Å². The lowest BCUT2D eigenvalue weighted by atomic mass is 9.93. The number of rotatable bonds is 6. The Morgan fingerprint density at radius 3 is 2.30 bits per heavy atom. The van der Waals surface area contributed by atoms with Gasteiger partial charge in [-0.2, -0.15) is 13.2 Å². The minimum Gasteiger partial charge on any atom is -0.476 e. The third kappa shape index (κ3) is 5.68. The summed E-state index contributed by atoms with van der Waals surface area (Å²) in [6, 6.07) is 1.32. The molecule has 1 aromatic carbocycles. The van der Waals surface area contributed by atoms with Gasteiger partial charge in [0.2, 0.25) is 0 Å². The summed E-state index contributed by atoms with van der Waals surface area (Å²) >= 11 is 0.403. The second-order valence-corrected chi connectivity index (χ2v) is 10.6. The fraction of sp³-hybridized carbons (Fsp3) is 0.368. The van der Waals surface area contributed by atoms with Gasteiger partial charge in [0.1, 0.15) is 0 Å². The fourth-order valence-electron chi connectivity index (χ4n) is 3.44. The van der Waals surface area contributed by atoms with Gasteiger partial charge in [-0.05, 0) is 31.0 Å². The molecule has 9 nitrogen and oxygen atoms in total. The highest BCUT2D eigenvalue weighted by molar-refractivity contribution is 7.93. The maximum atomic E-state index is 13.2. The first kappa shape index (κ1) is 24.6. The fourth-order valence-corrected chi connectivity index (χ4v) is 5.45. The van der Waals surface area contributed by atoms with E-state index < -0.39 is 55.2 Å². The third-order valence-corrected chi connectivity index (χ3v) is 7.73. The number of thiazole rings is 1. The lowest BCUT2D eigenvalue weighted by Crippen LogP contribution is -2.23. The normalized spacial score (nSPS) is 14.8. The van der Waals surface area contributed by atoms with Gasteiger partial charge >= 0.3 is 18.2 Å². The number of amides is 2. The highest BCUT2D eigenvalue weighted by atomic mass is 32.2. The average molecular weight is 505 g/mol. The molecule has 2 aromatic rings. The van der Waals surface area contributed by atoms with Crippen LogP contribution in [0.25, 0.3) is 0 Å². The van der Waals surface area contributed by atoms with E-state index >= 15 is 0 Å². The quantitative estimate of drug-likeness (QED) is 0.497. The van der Waals surface area contributed by atoms with Crippen LogP contribution in [0.2, 0.25) is 0 Å². The smallest absolute Gasteiger partial charge is 0.416 e. The number of halogens is 3. The maximum absolute atomic E-state index is 13.2. The summed E-state index contributed by atoms with van der Waals surface area (Å²) in [7, 11) is -3.95. The maximum Gasteiger partial charge on any atom is 0.416 e. The monoisotopic (exact) mass is 505 g/mol. The van der Waals surface area contributed by atoms with E-state index in [9.17, 15) is 36.0 Å². The molecule has 14 heteroatoms. The lowest BCUT2D eigenvalue weighted by molar-refractivity contribution is -0.137. The zero-order valence-electron chi connectivity index (χ0n) is 17.0. The summed E-state index contributed by atoms with van der Waals surface area (Å²) in [6.07, 6.45) is -1.30. The number of urea groups is 1. The van der Waals surface area contributed by atoms with Crippen molar-refractivity contribution in [1.29, 1.82) is 0 Å². The molecule has 0 aliphatic heterocycles. The number of carbonyl (C=O) groups excluding carboxylic acids is 2. The predicted molar refractivity (Wildman–Crippen MR) is 113 cm³/mol. The van der Waals surface area contributed by atoms with Gasteiger partial charge < -0.3 is 10.4 Å². The van der Waals surface area contributed by atoms with Crippen molar-refractivity contribution >= 4 is 49.8 Å². The first-order chi connectivity index (χ1) is 15.3. The van der Waals surface area contributed by atoms with E-state index in [1.807, 2.05) is 0 Å². The number of carbonyl (C=O) groups is 3. The number of anilines is 2. The number of aromatic carboxylic acids is 1. The second-order valence-electron chi connectivity index (χ2n) is 7.42. The van der Waals surface area contributed by atoms with Gasteiger partial charge in [-0.15, -0.1) is 0 Å². The van der Waals surface area contributed by atoms with E-state index in [4.69, 9.17) is 5.11 Å². The van der Waals surface area contributed by atoms with Gasteiger partial charge in [-0.1, -0.05) is 24.2 Å². The molecule has 1 aliphatic rings. The molecular formula is C19H18F3N3O6S2. The number of nitrogens with one attached hydrogen (secondary N) is 2. The van der Waals surface area contributed by atoms with Crippen LogP contribution < -0.4 is 10.6 Å². The molecule has 1 aromatic heterocycles. The Labute approximate surface area is 189 Å². The van der Waals surface area contributed by atoms with E-state index in [-0.39, 0.29) is 16.4 Å². The molecule has 2 amide bonds. The summed E-state index contributed by atoms with van der Waals surface area (Å²) in [6.45, 7) is 0. The highest BCUT2D eigenvalue weighted by Crippen LogP contribution is 2.35. The van der Waals surface area contributed by atoms with Crippen molar-refractivity contribution in [2.45, 2.75) is 36.1 Å². The van der Waals surface area contributed by atoms with Crippen LogP contribution in [0.3, 0.4) is 0 Å². The van der Waals surface area contributed by atoms with Gasteiger partial charge in [-0.3, -0.25) is 10.1 Å². The molecule has 0 radical (unpaired) electrons. The van der Waals surface area contributed by atoms with Crippen molar-refractivity contribution in [2.75, 3.05) is 16.9 Å². The number of benzene rings is 1. The van der Waals surface area contributed by atoms with Crippen LogP contribution in [0, 0.1) is 5.92 Å². The van der Waals surface area contributed by atoms with Crippen LogP contribution in [0.15, 0.2) is 22.4 Å². The molecule has 1 saturated carbocycles. The number of Topliss-reactive ketones (excluding diaryl/α,β-unsaturated/α-hetero) is 1. The SMILES string of the molecule is CS(=O)(=O)c1sc(NC(=O)Nc2ccc(C(F)(F)F)cc2C(=O)C2CCCC2)nc1C(=O)O. The minimum atomic E-state index is -4.69. The van der Waals surface area contributed by atoms with E-state index in [1.54, 1.807) is 0 Å². The summed E-state index contributed by atoms with van der Waals surface area (Å²) in [4.78, 5) is 40.1. The number of nitrogens with zero attached hydrogens (tertiary/aromatic N) is 1. The predicted octanol–water partition coefficient (Wildman–Crippen LogP) is 4.28. The summed E-state index contributed by atoms with van der Waals surface area (Å²) in [5.41, 5.74) is -2.28. The van der Waals surface area contributed by atoms with Crippen LogP contribution in [0.1, 0.15) is 52.1 Å². The summed E-state index contributed by atoms with van der Waals surface area (Å²) in [5, 5.41) is 13.2. The Balaban J connectivity index is 1.89. The number of ketones is 1. The molecule has 0 atom stereocenters. The molecule has 3 rings (SSSR count). The van der Waals surface area contributed by atoms with Crippen molar-refractivity contribution in [3.05, 3.63) is 35.0 Å². The standard InChI is InChI=1S/C19H18F3N3O6S2/c1-33(30,31)16-13(15(27)28)24-18(32-16)25-17(29)23-12-7-6-10(19(20,21)22)8-11(12)14(26)9-4-2-3-5-9/h6-9H,2-5H2,1H3,(H,27,28)(H2,23,24,25,29). The Kier molecular flexibility index (Phi) is 6.79. The molecule has 0 bridgehead atoms. The molecule has 1 aliphatic carbocycles. The van der Waals surface area contributed by atoms with Gasteiger partial charge in [0.05, 0.1) is 11.3 Å². The molecule has 33 heavy (non-hydrogen) atoms. The number of hydrogen-bond acceptors (Lipinski definition) is 7. The Morgan fingerprint density at radius 1 is 1.15 bits per heavy atom. The molecule has 1 fully saturated rings. The first-order valence-electron chi connectivity index (χ1n) is 9.55. The molecule has 178 valence electrons. The van der Waals surface area contributed by atoms with E-state index in [1.165, 1.54) is 0 Å². The van der Waals surface area contributed by atoms with Crippen LogP contribution in [-0.2, 0) is 16.0 Å². The third-order valence-electron chi connectivity index (χ3n) is 4.94. The number of carboxylic acids is 1. The summed E-state index contributed by atoms with van der Waals surface area (Å²) < 4.78 is 62.5. The second kappa shape index (κ2) is 9.09. The zero-order valence-corrected chi connectivity index (χ0v) is 18.7. The average Bonchev–Trinajstić information content (AvgIpc) is 3.36. The molecule has 0 unspecified atom stereocenters. The Hall–Kier alpha value is -3.00. The number of aromatic nitrogens is 1. The van der Waals surface area contributed by atoms with Crippen LogP contribution in [0.4, 0.5) is 28.8 Å². The van der Waals surface area contributed by atoms with E-state index in [2.05, 4.69) is 15.6 Å². The van der Waals surface area contributed by atoms with Crippen molar-refractivity contribution < 1.29 is 41.1 Å². The molecule has 0 saturated heterocycles. The van der Waals surface area contributed by atoms with Crippen LogP contribution in [-0.4, -0.2) is 42.5 Å².